The summed E-state index contributed by atoms with van der Waals surface area (Å²) in [6, 6.07) is 1.90. The summed E-state index contributed by atoms with van der Waals surface area (Å²) in [7, 11) is 1.71. The molecule has 0 bridgehead atoms. The fourth-order valence-electron chi connectivity index (χ4n) is 1.62. The number of aromatic nitrogens is 3. The molecule has 2 aromatic rings. The van der Waals surface area contributed by atoms with E-state index in [1.165, 1.54) is 6.33 Å². The molecule has 2 rings (SSSR count). The minimum atomic E-state index is -0.502. The van der Waals surface area contributed by atoms with E-state index in [4.69, 9.17) is 0 Å². The Morgan fingerprint density at radius 3 is 3.00 bits per heavy atom. The molecule has 0 aliphatic rings. The zero-order valence-electron chi connectivity index (χ0n) is 10.1. The van der Waals surface area contributed by atoms with Gasteiger partial charge in [0.05, 0.1) is 0 Å². The fourth-order valence-corrected chi connectivity index (χ4v) is 1.62. The predicted molar refractivity (Wildman–Crippen MR) is 66.2 cm³/mol. The van der Waals surface area contributed by atoms with E-state index in [-0.39, 0.29) is 5.82 Å². The van der Waals surface area contributed by atoms with Crippen LogP contribution in [0.5, 0.6) is 0 Å². The fraction of sp³-hybridized carbons (Fsp3) is 0.273. The largest absolute Gasteiger partial charge is 0.406 e. The van der Waals surface area contributed by atoms with E-state index >= 15 is 0 Å². The first-order valence-corrected chi connectivity index (χ1v) is 5.38. The zero-order chi connectivity index (χ0) is 13.1. The Morgan fingerprint density at radius 2 is 2.33 bits per heavy atom. The van der Waals surface area contributed by atoms with Crippen LogP contribution >= 0.6 is 0 Å². The normalized spacial score (nSPS) is 10.3. The maximum Gasteiger partial charge on any atom is 0.406 e. The SMILES string of the molecule is Cc1ccncc1CNc1c([N+](=O)[O-])ncn1C. The number of hydrogen-bond acceptors (Lipinski definition) is 5. The van der Waals surface area contributed by atoms with Crippen LogP contribution in [0.1, 0.15) is 11.1 Å². The van der Waals surface area contributed by atoms with Crippen molar-refractivity contribution in [1.29, 1.82) is 0 Å². The summed E-state index contributed by atoms with van der Waals surface area (Å²) in [5.74, 6) is 0.224. The smallest absolute Gasteiger partial charge is 0.360 e. The van der Waals surface area contributed by atoms with Crippen LogP contribution in [0.3, 0.4) is 0 Å². The number of hydrogen-bond donors (Lipinski definition) is 1. The highest BCUT2D eigenvalue weighted by Gasteiger charge is 2.19. The third-order valence-electron chi connectivity index (χ3n) is 2.68. The second kappa shape index (κ2) is 4.82. The third kappa shape index (κ3) is 2.29. The van der Waals surface area contributed by atoms with Crippen LogP contribution < -0.4 is 5.32 Å². The van der Waals surface area contributed by atoms with Gasteiger partial charge < -0.3 is 15.4 Å². The van der Waals surface area contributed by atoms with Gasteiger partial charge >= 0.3 is 5.82 Å². The van der Waals surface area contributed by atoms with Crippen LogP contribution in [0.25, 0.3) is 0 Å². The van der Waals surface area contributed by atoms with Gasteiger partial charge in [-0.1, -0.05) is 0 Å². The van der Waals surface area contributed by atoms with Gasteiger partial charge in [-0.25, -0.2) is 0 Å². The van der Waals surface area contributed by atoms with Crippen molar-refractivity contribution in [2.45, 2.75) is 13.5 Å². The molecule has 0 saturated carbocycles. The number of rotatable bonds is 4. The van der Waals surface area contributed by atoms with Gasteiger partial charge in [-0.2, -0.15) is 0 Å². The van der Waals surface area contributed by atoms with Crippen LogP contribution in [0.2, 0.25) is 0 Å². The molecule has 0 atom stereocenters. The monoisotopic (exact) mass is 247 g/mol. The highest BCUT2D eigenvalue weighted by Crippen LogP contribution is 2.21. The molecular formula is C11H13N5O2. The molecule has 0 fully saturated rings. The molecule has 0 aromatic carbocycles. The zero-order valence-corrected chi connectivity index (χ0v) is 10.1. The Labute approximate surface area is 104 Å². The summed E-state index contributed by atoms with van der Waals surface area (Å²) < 4.78 is 1.59. The van der Waals surface area contributed by atoms with Gasteiger partial charge in [-0.05, 0) is 34.0 Å². The first kappa shape index (κ1) is 12.0. The number of nitro groups is 1. The van der Waals surface area contributed by atoms with Crippen molar-refractivity contribution in [3.8, 4) is 0 Å². The molecule has 7 heteroatoms. The van der Waals surface area contributed by atoms with Crippen LogP contribution in [0, 0.1) is 17.0 Å². The second-order valence-corrected chi connectivity index (χ2v) is 3.94. The molecular weight excluding hydrogens is 234 g/mol. The Balaban J connectivity index is 2.18. The maximum absolute atomic E-state index is 10.8. The summed E-state index contributed by atoms with van der Waals surface area (Å²) in [6.07, 6.45) is 4.87. The van der Waals surface area contributed by atoms with Gasteiger partial charge in [0, 0.05) is 26.0 Å². The van der Waals surface area contributed by atoms with Gasteiger partial charge in [0.1, 0.15) is 0 Å². The van der Waals surface area contributed by atoms with Crippen LogP contribution in [-0.2, 0) is 13.6 Å². The average molecular weight is 247 g/mol. The Hall–Kier alpha value is -2.44. The van der Waals surface area contributed by atoms with E-state index < -0.39 is 4.92 Å². The molecule has 1 N–H and O–H groups in total. The molecule has 94 valence electrons. The van der Waals surface area contributed by atoms with Gasteiger partial charge in [0.15, 0.2) is 0 Å². The molecule has 0 unspecified atom stereocenters. The molecule has 18 heavy (non-hydrogen) atoms. The molecule has 0 saturated heterocycles. The van der Waals surface area contributed by atoms with Gasteiger partial charge in [-0.15, -0.1) is 0 Å². The number of nitrogens with zero attached hydrogens (tertiary/aromatic N) is 4. The highest BCUT2D eigenvalue weighted by molar-refractivity contribution is 5.52. The predicted octanol–water partition coefficient (Wildman–Crippen LogP) is 1.64. The second-order valence-electron chi connectivity index (χ2n) is 3.94. The summed E-state index contributed by atoms with van der Waals surface area (Å²) in [6.45, 7) is 2.44. The van der Waals surface area contributed by atoms with Gasteiger partial charge in [0.25, 0.3) is 0 Å². The van der Waals surface area contributed by atoms with Crippen LogP contribution in [0.15, 0.2) is 24.8 Å². The van der Waals surface area contributed by atoms with Crippen molar-refractivity contribution in [3.63, 3.8) is 0 Å². The quantitative estimate of drug-likeness (QED) is 0.655. The third-order valence-corrected chi connectivity index (χ3v) is 2.68. The molecule has 0 spiro atoms. The molecule has 0 aliphatic heterocycles. The maximum atomic E-state index is 10.8. The average Bonchev–Trinajstić information content (AvgIpc) is 2.70. The summed E-state index contributed by atoms with van der Waals surface area (Å²) in [5.41, 5.74) is 2.08. The van der Waals surface area contributed by atoms with Crippen molar-refractivity contribution in [2.24, 2.45) is 7.05 Å². The highest BCUT2D eigenvalue weighted by atomic mass is 16.6. The standard InChI is InChI=1S/C11H13N5O2/c1-8-3-4-12-5-9(8)6-13-10-11(16(17)18)14-7-15(10)2/h3-5,7,13H,6H2,1-2H3. The Kier molecular flexibility index (Phi) is 3.22. The van der Waals surface area contributed by atoms with E-state index in [9.17, 15) is 10.1 Å². The topological polar surface area (TPSA) is 85.9 Å². The number of aryl methyl sites for hydroxylation is 2. The van der Waals surface area contributed by atoms with Gasteiger partial charge in [-0.3, -0.25) is 9.55 Å². The first-order valence-electron chi connectivity index (χ1n) is 5.38. The van der Waals surface area contributed by atoms with E-state index in [2.05, 4.69) is 15.3 Å². The molecule has 0 radical (unpaired) electrons. The Bertz CT molecular complexity index is 579. The molecule has 7 nitrogen and oxygen atoms in total. The van der Waals surface area contributed by atoms with E-state index in [1.807, 2.05) is 13.0 Å². The van der Waals surface area contributed by atoms with Crippen molar-refractivity contribution in [1.82, 2.24) is 14.5 Å². The van der Waals surface area contributed by atoms with E-state index in [0.717, 1.165) is 11.1 Å². The molecule has 2 aromatic heterocycles. The lowest BCUT2D eigenvalue weighted by Crippen LogP contribution is -2.07. The van der Waals surface area contributed by atoms with E-state index in [0.29, 0.717) is 12.4 Å². The molecule has 2 heterocycles. The van der Waals surface area contributed by atoms with Crippen molar-refractivity contribution in [3.05, 3.63) is 46.0 Å². The van der Waals surface area contributed by atoms with Gasteiger partial charge in [0.2, 0.25) is 12.1 Å². The minimum absolute atomic E-state index is 0.168. The first-order chi connectivity index (χ1) is 8.59. The number of nitrogens with one attached hydrogen (secondary N) is 1. The summed E-state index contributed by atoms with van der Waals surface area (Å²) >= 11 is 0. The van der Waals surface area contributed by atoms with Crippen molar-refractivity contribution < 1.29 is 4.92 Å². The van der Waals surface area contributed by atoms with Crippen LogP contribution in [0.4, 0.5) is 11.6 Å². The Morgan fingerprint density at radius 1 is 1.56 bits per heavy atom. The van der Waals surface area contributed by atoms with Crippen molar-refractivity contribution >= 4 is 11.6 Å². The lowest BCUT2D eigenvalue weighted by Gasteiger charge is -2.08. The van der Waals surface area contributed by atoms with Crippen molar-refractivity contribution in [2.75, 3.05) is 5.32 Å². The minimum Gasteiger partial charge on any atom is -0.360 e. The lowest BCUT2D eigenvalue weighted by atomic mass is 10.1. The number of imidazole rings is 1. The van der Waals surface area contributed by atoms with Crippen LogP contribution in [-0.4, -0.2) is 19.5 Å². The molecule has 0 amide bonds. The molecule has 0 aliphatic carbocycles. The lowest BCUT2D eigenvalue weighted by molar-refractivity contribution is -0.388. The number of pyridine rings is 1. The summed E-state index contributed by atoms with van der Waals surface area (Å²) in [5, 5.41) is 13.8. The number of anilines is 1. The summed E-state index contributed by atoms with van der Waals surface area (Å²) in [4.78, 5) is 18.1. The van der Waals surface area contributed by atoms with E-state index in [1.54, 1.807) is 24.0 Å².